The van der Waals surface area contributed by atoms with Crippen molar-refractivity contribution in [2.75, 3.05) is 0 Å². The van der Waals surface area contributed by atoms with Crippen molar-refractivity contribution < 1.29 is 13.9 Å². The van der Waals surface area contributed by atoms with E-state index >= 15 is 0 Å². The molecule has 0 unspecified atom stereocenters. The summed E-state index contributed by atoms with van der Waals surface area (Å²) in [5.74, 6) is 1.41. The number of furan rings is 1. The minimum absolute atomic E-state index is 0.00385. The Hall–Kier alpha value is -1.74. The van der Waals surface area contributed by atoms with Gasteiger partial charge < -0.3 is 9.15 Å². The zero-order valence-corrected chi connectivity index (χ0v) is 10.9. The van der Waals surface area contributed by atoms with Crippen molar-refractivity contribution in [1.82, 2.24) is 0 Å². The normalized spacial score (nSPS) is 10.7. The summed E-state index contributed by atoms with van der Waals surface area (Å²) in [5.41, 5.74) is 0.740. The number of carbonyl (C=O) groups excluding carboxylic acids is 1. The molecular weight excluding hydrogens is 252 g/mol. The second kappa shape index (κ2) is 5.27. The van der Waals surface area contributed by atoms with Gasteiger partial charge in [0.1, 0.15) is 11.5 Å². The molecule has 1 aromatic carbocycles. The maximum atomic E-state index is 10.6. The van der Waals surface area contributed by atoms with Gasteiger partial charge >= 0.3 is 0 Å². The lowest BCUT2D eigenvalue weighted by atomic mass is 10.1. The highest BCUT2D eigenvalue weighted by atomic mass is 35.5. The van der Waals surface area contributed by atoms with Crippen LogP contribution in [-0.2, 0) is 0 Å². The summed E-state index contributed by atoms with van der Waals surface area (Å²) in [4.78, 5) is 10.6. The van der Waals surface area contributed by atoms with Gasteiger partial charge in [-0.1, -0.05) is 17.7 Å². The smallest absolute Gasteiger partial charge is 0.185 e. The fourth-order valence-corrected chi connectivity index (χ4v) is 1.84. The molecule has 1 heterocycles. The maximum absolute atomic E-state index is 10.6. The average molecular weight is 265 g/mol. The lowest BCUT2D eigenvalue weighted by Crippen LogP contribution is -2.06. The molecule has 0 aliphatic heterocycles. The van der Waals surface area contributed by atoms with Gasteiger partial charge in [-0.05, 0) is 38.1 Å². The summed E-state index contributed by atoms with van der Waals surface area (Å²) in [6.07, 6.45) is 0.668. The molecule has 0 amide bonds. The molecule has 0 atom stereocenters. The number of halogens is 1. The van der Waals surface area contributed by atoms with Crippen LogP contribution in [0.4, 0.5) is 0 Å². The molecule has 0 fully saturated rings. The summed E-state index contributed by atoms with van der Waals surface area (Å²) >= 11 is 6.13. The maximum Gasteiger partial charge on any atom is 0.185 e. The Labute approximate surface area is 110 Å². The van der Waals surface area contributed by atoms with Crippen LogP contribution < -0.4 is 4.74 Å². The predicted molar refractivity (Wildman–Crippen MR) is 70.3 cm³/mol. The zero-order valence-electron chi connectivity index (χ0n) is 10.1. The Kier molecular flexibility index (Phi) is 3.72. The first-order valence-corrected chi connectivity index (χ1v) is 6.00. The van der Waals surface area contributed by atoms with Crippen molar-refractivity contribution >= 4 is 17.9 Å². The summed E-state index contributed by atoms with van der Waals surface area (Å²) in [6.45, 7) is 3.85. The van der Waals surface area contributed by atoms with E-state index in [2.05, 4.69) is 0 Å². The van der Waals surface area contributed by atoms with Crippen LogP contribution in [0.3, 0.4) is 0 Å². The molecule has 0 N–H and O–H groups in total. The molecule has 18 heavy (non-hydrogen) atoms. The molecule has 0 spiro atoms. The van der Waals surface area contributed by atoms with Crippen LogP contribution in [0, 0.1) is 0 Å². The van der Waals surface area contributed by atoms with Crippen molar-refractivity contribution in [3.63, 3.8) is 0 Å². The van der Waals surface area contributed by atoms with E-state index in [1.165, 1.54) is 0 Å². The molecule has 2 rings (SSSR count). The number of ether oxygens (including phenoxy) is 1. The lowest BCUT2D eigenvalue weighted by Gasteiger charge is -2.14. The summed E-state index contributed by atoms with van der Waals surface area (Å²) < 4.78 is 11.1. The highest BCUT2D eigenvalue weighted by Crippen LogP contribution is 2.37. The first kappa shape index (κ1) is 12.7. The zero-order chi connectivity index (χ0) is 13.1. The molecule has 0 bridgehead atoms. The number of benzene rings is 1. The van der Waals surface area contributed by atoms with Gasteiger partial charge in [0.2, 0.25) is 0 Å². The van der Waals surface area contributed by atoms with Crippen molar-refractivity contribution in [3.8, 4) is 17.1 Å². The van der Waals surface area contributed by atoms with Gasteiger partial charge in [-0.25, -0.2) is 0 Å². The highest BCUT2D eigenvalue weighted by molar-refractivity contribution is 6.32. The molecular formula is C14H13ClO3. The fraction of sp³-hybridized carbons (Fsp3) is 0.214. The van der Waals surface area contributed by atoms with Crippen LogP contribution in [0.5, 0.6) is 5.75 Å². The molecule has 0 saturated carbocycles. The van der Waals surface area contributed by atoms with Gasteiger partial charge in [0.25, 0.3) is 0 Å². The molecule has 1 aromatic heterocycles. The number of hydrogen-bond acceptors (Lipinski definition) is 3. The number of hydrogen-bond donors (Lipinski definition) is 0. The monoisotopic (exact) mass is 264 g/mol. The van der Waals surface area contributed by atoms with Crippen LogP contribution in [0.1, 0.15) is 24.4 Å². The van der Waals surface area contributed by atoms with Gasteiger partial charge in [0, 0.05) is 0 Å². The molecule has 0 saturated heterocycles. The SMILES string of the molecule is CC(C)Oc1c(Cl)cccc1-c1ccc(C=O)o1. The molecule has 3 nitrogen and oxygen atoms in total. The van der Waals surface area contributed by atoms with Crippen LogP contribution in [-0.4, -0.2) is 12.4 Å². The number of para-hydroxylation sites is 1. The van der Waals surface area contributed by atoms with E-state index in [-0.39, 0.29) is 11.9 Å². The third kappa shape index (κ3) is 2.57. The van der Waals surface area contributed by atoms with Gasteiger partial charge in [-0.15, -0.1) is 0 Å². The van der Waals surface area contributed by atoms with Gasteiger partial charge in [-0.3, -0.25) is 4.79 Å². The van der Waals surface area contributed by atoms with E-state index in [4.69, 9.17) is 20.8 Å². The number of aldehydes is 1. The van der Waals surface area contributed by atoms with E-state index in [0.29, 0.717) is 22.8 Å². The minimum Gasteiger partial charge on any atom is -0.489 e. The largest absolute Gasteiger partial charge is 0.489 e. The molecule has 4 heteroatoms. The average Bonchev–Trinajstić information content (AvgIpc) is 2.80. The molecule has 0 aliphatic carbocycles. The Morgan fingerprint density at radius 2 is 2.06 bits per heavy atom. The van der Waals surface area contributed by atoms with E-state index < -0.39 is 0 Å². The van der Waals surface area contributed by atoms with Crippen LogP contribution >= 0.6 is 11.6 Å². The van der Waals surface area contributed by atoms with Crippen LogP contribution in [0.25, 0.3) is 11.3 Å². The number of rotatable bonds is 4. The Balaban J connectivity index is 2.49. The van der Waals surface area contributed by atoms with Crippen molar-refractivity contribution in [1.29, 1.82) is 0 Å². The molecule has 94 valence electrons. The Bertz CT molecular complexity index is 558. The van der Waals surface area contributed by atoms with Gasteiger partial charge in [-0.2, -0.15) is 0 Å². The highest BCUT2D eigenvalue weighted by Gasteiger charge is 2.14. The van der Waals surface area contributed by atoms with Crippen molar-refractivity contribution in [3.05, 3.63) is 41.1 Å². The molecule has 0 radical (unpaired) electrons. The summed E-state index contributed by atoms with van der Waals surface area (Å²) in [5, 5.41) is 0.519. The third-order valence-corrected chi connectivity index (χ3v) is 2.63. The lowest BCUT2D eigenvalue weighted by molar-refractivity contribution is 0.110. The van der Waals surface area contributed by atoms with Crippen molar-refractivity contribution in [2.45, 2.75) is 20.0 Å². The Morgan fingerprint density at radius 3 is 2.67 bits per heavy atom. The molecule has 0 aliphatic rings. The third-order valence-electron chi connectivity index (χ3n) is 2.33. The topological polar surface area (TPSA) is 39.4 Å². The summed E-state index contributed by atoms with van der Waals surface area (Å²) in [7, 11) is 0. The quantitative estimate of drug-likeness (QED) is 0.777. The molecule has 2 aromatic rings. The predicted octanol–water partition coefficient (Wildman–Crippen LogP) is 4.20. The van der Waals surface area contributed by atoms with E-state index in [0.717, 1.165) is 5.56 Å². The second-order valence-electron chi connectivity index (χ2n) is 4.10. The van der Waals surface area contributed by atoms with Gasteiger partial charge in [0.15, 0.2) is 12.0 Å². The van der Waals surface area contributed by atoms with E-state index in [1.54, 1.807) is 18.2 Å². The van der Waals surface area contributed by atoms with Crippen LogP contribution in [0.2, 0.25) is 5.02 Å². The second-order valence-corrected chi connectivity index (χ2v) is 4.51. The summed E-state index contributed by atoms with van der Waals surface area (Å²) in [6, 6.07) is 8.75. The first-order valence-electron chi connectivity index (χ1n) is 5.62. The first-order chi connectivity index (χ1) is 8.61. The number of carbonyl (C=O) groups is 1. The van der Waals surface area contributed by atoms with Crippen LogP contribution in [0.15, 0.2) is 34.7 Å². The minimum atomic E-state index is 0.00385. The standard InChI is InChI=1S/C14H13ClO3/c1-9(2)17-14-11(4-3-5-12(14)15)13-7-6-10(8-16)18-13/h3-9H,1-2H3. The van der Waals surface area contributed by atoms with E-state index in [1.807, 2.05) is 26.0 Å². The van der Waals surface area contributed by atoms with Gasteiger partial charge in [0.05, 0.1) is 16.7 Å². The van der Waals surface area contributed by atoms with E-state index in [9.17, 15) is 4.79 Å². The Morgan fingerprint density at radius 1 is 1.28 bits per heavy atom. The fourth-order valence-electron chi connectivity index (χ4n) is 1.62. The van der Waals surface area contributed by atoms with Crippen molar-refractivity contribution in [2.24, 2.45) is 0 Å².